The number of hydrogen-bond donors (Lipinski definition) is 1. The summed E-state index contributed by atoms with van der Waals surface area (Å²) in [7, 11) is 0. The van der Waals surface area contributed by atoms with Crippen LogP contribution in [0.25, 0.3) is 0 Å². The van der Waals surface area contributed by atoms with E-state index in [-0.39, 0.29) is 5.69 Å². The Bertz CT molecular complexity index is 321. The third-order valence-corrected chi connectivity index (χ3v) is 2.65. The summed E-state index contributed by atoms with van der Waals surface area (Å²) in [4.78, 5) is 0. The van der Waals surface area contributed by atoms with Crippen molar-refractivity contribution in [2.45, 2.75) is 32.3 Å². The van der Waals surface area contributed by atoms with E-state index in [1.165, 1.54) is 12.1 Å². The summed E-state index contributed by atoms with van der Waals surface area (Å²) in [6.07, 6.45) is 1.06. The lowest BCUT2D eigenvalue weighted by atomic mass is 9.87. The first-order chi connectivity index (χ1) is 6.53. The van der Waals surface area contributed by atoms with Gasteiger partial charge in [0.2, 0.25) is 0 Å². The van der Waals surface area contributed by atoms with Gasteiger partial charge in [0, 0.05) is 5.56 Å². The number of halogens is 1. The van der Waals surface area contributed by atoms with Crippen molar-refractivity contribution in [1.82, 2.24) is 5.73 Å². The van der Waals surface area contributed by atoms with Crippen LogP contribution in [0.3, 0.4) is 0 Å². The molecule has 0 saturated heterocycles. The maximum absolute atomic E-state index is 12.7. The van der Waals surface area contributed by atoms with Gasteiger partial charge in [-0.3, -0.25) is 0 Å². The minimum Gasteiger partial charge on any atom is -0.385 e. The van der Waals surface area contributed by atoms with Crippen LogP contribution in [0.4, 0.5) is 10.1 Å². The maximum Gasteiger partial charge on any atom is 0.125 e. The fraction of sp³-hybridized carbons (Fsp3) is 0.455. The van der Waals surface area contributed by atoms with Crippen molar-refractivity contribution in [2.75, 3.05) is 0 Å². The second-order valence-electron chi connectivity index (χ2n) is 3.43. The van der Waals surface area contributed by atoms with Gasteiger partial charge in [-0.25, -0.2) is 4.39 Å². The molecule has 0 bridgehead atoms. The molecule has 0 amide bonds. The van der Waals surface area contributed by atoms with Crippen LogP contribution in [0.15, 0.2) is 18.2 Å². The van der Waals surface area contributed by atoms with Crippen molar-refractivity contribution < 1.29 is 9.50 Å². The number of rotatable bonds is 3. The molecule has 0 heterocycles. The smallest absolute Gasteiger partial charge is 0.125 e. The van der Waals surface area contributed by atoms with E-state index in [2.05, 4.69) is 0 Å². The molecule has 0 unspecified atom stereocenters. The summed E-state index contributed by atoms with van der Waals surface area (Å²) in [6.45, 7) is 3.71. The highest BCUT2D eigenvalue weighted by Crippen LogP contribution is 2.33. The van der Waals surface area contributed by atoms with Gasteiger partial charge in [-0.2, -0.15) is 0 Å². The highest BCUT2D eigenvalue weighted by Gasteiger charge is 2.27. The molecule has 3 heteroatoms. The first kappa shape index (κ1) is 11.0. The maximum atomic E-state index is 12.7. The van der Waals surface area contributed by atoms with E-state index in [9.17, 15) is 9.50 Å². The Morgan fingerprint density at radius 1 is 1.36 bits per heavy atom. The van der Waals surface area contributed by atoms with Crippen LogP contribution in [0.2, 0.25) is 0 Å². The minimum atomic E-state index is -0.995. The fourth-order valence-corrected chi connectivity index (χ4v) is 1.55. The second-order valence-corrected chi connectivity index (χ2v) is 3.43. The minimum absolute atomic E-state index is 0.0659. The molecule has 1 aromatic rings. The molecule has 1 aromatic carbocycles. The third-order valence-electron chi connectivity index (χ3n) is 2.65. The molecule has 77 valence electrons. The predicted octanol–water partition coefficient (Wildman–Crippen LogP) is 2.75. The van der Waals surface area contributed by atoms with Crippen LogP contribution in [-0.4, -0.2) is 5.11 Å². The quantitative estimate of drug-likeness (QED) is 0.793. The normalized spacial score (nSPS) is 11.7. The van der Waals surface area contributed by atoms with Gasteiger partial charge < -0.3 is 10.8 Å². The van der Waals surface area contributed by atoms with E-state index in [1.54, 1.807) is 0 Å². The molecular formula is C11H15FNO. The Kier molecular flexibility index (Phi) is 3.11. The summed E-state index contributed by atoms with van der Waals surface area (Å²) in [5.74, 6) is -0.437. The highest BCUT2D eigenvalue weighted by atomic mass is 19.1. The van der Waals surface area contributed by atoms with Gasteiger partial charge >= 0.3 is 0 Å². The topological polar surface area (TPSA) is 44.0 Å². The Hall–Kier alpha value is -1.09. The Morgan fingerprint density at radius 2 is 1.93 bits per heavy atom. The van der Waals surface area contributed by atoms with E-state index >= 15 is 0 Å². The van der Waals surface area contributed by atoms with Crippen molar-refractivity contribution >= 4 is 5.69 Å². The average Bonchev–Trinajstić information content (AvgIpc) is 2.17. The molecule has 2 nitrogen and oxygen atoms in total. The van der Waals surface area contributed by atoms with Crippen LogP contribution in [0.1, 0.15) is 32.3 Å². The van der Waals surface area contributed by atoms with Crippen LogP contribution >= 0.6 is 0 Å². The van der Waals surface area contributed by atoms with Crippen LogP contribution in [0, 0.1) is 5.82 Å². The number of nitrogens with one attached hydrogen (secondary N) is 1. The number of hydrogen-bond acceptors (Lipinski definition) is 1. The van der Waals surface area contributed by atoms with Gasteiger partial charge in [0.05, 0.1) is 11.3 Å². The molecule has 2 N–H and O–H groups in total. The molecule has 0 atom stereocenters. The zero-order chi connectivity index (χ0) is 10.8. The number of aliphatic hydroxyl groups is 1. The molecule has 0 aliphatic heterocycles. The molecule has 14 heavy (non-hydrogen) atoms. The van der Waals surface area contributed by atoms with Gasteiger partial charge in [0.1, 0.15) is 5.82 Å². The van der Waals surface area contributed by atoms with Crippen molar-refractivity contribution in [1.29, 1.82) is 0 Å². The van der Waals surface area contributed by atoms with Crippen LogP contribution < -0.4 is 5.73 Å². The third kappa shape index (κ3) is 1.87. The molecule has 0 fully saturated rings. The molecular weight excluding hydrogens is 181 g/mol. The summed E-state index contributed by atoms with van der Waals surface area (Å²) in [6, 6.07) is 3.90. The zero-order valence-corrected chi connectivity index (χ0v) is 8.47. The molecule has 0 aliphatic rings. The molecule has 1 radical (unpaired) electrons. The van der Waals surface area contributed by atoms with Gasteiger partial charge in [-0.15, -0.1) is 0 Å². The Morgan fingerprint density at radius 3 is 2.36 bits per heavy atom. The first-order valence-electron chi connectivity index (χ1n) is 4.77. The van der Waals surface area contributed by atoms with Crippen molar-refractivity contribution in [3.05, 3.63) is 29.6 Å². The van der Waals surface area contributed by atoms with Gasteiger partial charge in [-0.05, 0) is 25.0 Å². The van der Waals surface area contributed by atoms with Gasteiger partial charge in [0.25, 0.3) is 0 Å². The average molecular weight is 196 g/mol. The monoisotopic (exact) mass is 196 g/mol. The number of benzene rings is 1. The summed E-state index contributed by atoms with van der Waals surface area (Å²) in [5, 5.41) is 10.1. The molecule has 0 aliphatic carbocycles. The van der Waals surface area contributed by atoms with Crippen molar-refractivity contribution in [3.63, 3.8) is 0 Å². The lowest BCUT2D eigenvalue weighted by Crippen LogP contribution is -2.23. The van der Waals surface area contributed by atoms with Crippen LogP contribution in [-0.2, 0) is 5.60 Å². The van der Waals surface area contributed by atoms with E-state index in [0.717, 1.165) is 6.07 Å². The van der Waals surface area contributed by atoms with E-state index < -0.39 is 11.4 Å². The van der Waals surface area contributed by atoms with Crippen LogP contribution in [0.5, 0.6) is 0 Å². The van der Waals surface area contributed by atoms with E-state index in [0.29, 0.717) is 18.4 Å². The summed E-state index contributed by atoms with van der Waals surface area (Å²) in [5.41, 5.74) is 7.15. The fourth-order valence-electron chi connectivity index (χ4n) is 1.55. The predicted molar refractivity (Wildman–Crippen MR) is 53.6 cm³/mol. The lowest BCUT2D eigenvalue weighted by Gasteiger charge is -2.26. The molecule has 0 spiro atoms. The summed E-state index contributed by atoms with van der Waals surface area (Å²) < 4.78 is 12.7. The molecule has 0 saturated carbocycles. The largest absolute Gasteiger partial charge is 0.385 e. The first-order valence-corrected chi connectivity index (χ1v) is 4.77. The standard InChI is InChI=1S/C11H15FNO/c1-3-11(14,4-2)9-6-5-8(12)7-10(9)13/h5-7,13-14H,3-4H2,1-2H3. The van der Waals surface area contributed by atoms with Crippen molar-refractivity contribution in [2.24, 2.45) is 0 Å². The van der Waals surface area contributed by atoms with Gasteiger partial charge in [-0.1, -0.05) is 19.9 Å². The Balaban J connectivity index is 3.17. The highest BCUT2D eigenvalue weighted by molar-refractivity contribution is 5.47. The van der Waals surface area contributed by atoms with Crippen molar-refractivity contribution in [3.8, 4) is 0 Å². The van der Waals surface area contributed by atoms with E-state index in [1.807, 2.05) is 13.8 Å². The van der Waals surface area contributed by atoms with E-state index in [4.69, 9.17) is 5.73 Å². The second kappa shape index (κ2) is 3.96. The molecule has 0 aromatic heterocycles. The summed E-state index contributed by atoms with van der Waals surface area (Å²) >= 11 is 0. The zero-order valence-electron chi connectivity index (χ0n) is 8.47. The lowest BCUT2D eigenvalue weighted by molar-refractivity contribution is 0.0289. The van der Waals surface area contributed by atoms with Gasteiger partial charge in [0.15, 0.2) is 0 Å². The Labute approximate surface area is 83.6 Å². The SMILES string of the molecule is CCC(O)(CC)c1ccc(F)cc1[NH]. The molecule has 1 rings (SSSR count).